The molecule has 3 heterocycles. The van der Waals surface area contributed by atoms with Gasteiger partial charge in [0.15, 0.2) is 17.3 Å². The Hall–Kier alpha value is -4.72. The third-order valence-electron chi connectivity index (χ3n) is 6.24. The average molecular weight is 482 g/mol. The molecule has 6 aromatic rings. The second kappa shape index (κ2) is 8.49. The molecular formula is C28H20F2N4O2. The number of aromatic amines is 1. The Morgan fingerprint density at radius 1 is 1.00 bits per heavy atom. The predicted molar refractivity (Wildman–Crippen MR) is 134 cm³/mol. The molecule has 0 aliphatic rings. The summed E-state index contributed by atoms with van der Waals surface area (Å²) in [5, 5.41) is 0.698. The van der Waals surface area contributed by atoms with Gasteiger partial charge in [0, 0.05) is 42.0 Å². The van der Waals surface area contributed by atoms with E-state index in [-0.39, 0.29) is 11.3 Å². The average Bonchev–Trinajstić information content (AvgIpc) is 3.51. The number of imidazole rings is 1. The van der Waals surface area contributed by atoms with Crippen LogP contribution in [0, 0.1) is 11.6 Å². The third kappa shape index (κ3) is 3.63. The highest BCUT2D eigenvalue weighted by Gasteiger charge is 2.21. The molecule has 0 atom stereocenters. The van der Waals surface area contributed by atoms with Crippen molar-refractivity contribution in [3.05, 3.63) is 113 Å². The monoisotopic (exact) mass is 482 g/mol. The summed E-state index contributed by atoms with van der Waals surface area (Å²) < 4.78 is 37.7. The van der Waals surface area contributed by atoms with E-state index in [9.17, 15) is 13.6 Å². The van der Waals surface area contributed by atoms with Crippen LogP contribution in [0.3, 0.4) is 0 Å². The van der Waals surface area contributed by atoms with E-state index < -0.39 is 11.6 Å². The fourth-order valence-corrected chi connectivity index (χ4v) is 4.47. The molecule has 3 aromatic carbocycles. The maximum absolute atomic E-state index is 14.6. The van der Waals surface area contributed by atoms with Crippen molar-refractivity contribution in [1.82, 2.24) is 19.1 Å². The van der Waals surface area contributed by atoms with Crippen LogP contribution in [0.25, 0.3) is 33.1 Å². The molecule has 6 rings (SSSR count). The molecule has 0 aliphatic carbocycles. The lowest BCUT2D eigenvalue weighted by atomic mass is 10.0. The van der Waals surface area contributed by atoms with Gasteiger partial charge in [-0.25, -0.2) is 13.8 Å². The number of nitrogens with one attached hydrogen (secondary N) is 1. The number of hydrogen-bond acceptors (Lipinski definition) is 3. The maximum Gasteiger partial charge on any atom is 0.275 e. The zero-order valence-electron chi connectivity index (χ0n) is 19.2. The Balaban J connectivity index is 1.59. The lowest BCUT2D eigenvalue weighted by Crippen LogP contribution is -2.21. The minimum atomic E-state index is -0.824. The van der Waals surface area contributed by atoms with Gasteiger partial charge in [-0.15, -0.1) is 0 Å². The number of halogens is 2. The Kier molecular flexibility index (Phi) is 5.14. The number of pyridine rings is 1. The standard InChI is InChI=1S/C28H20F2N4O2/c1-33-16-32-26-23(33)9-8-20(27(26)36-24-10-7-18(29)13-22(24)30)21-15-34(14-17-5-3-2-4-6-17)28(35)25-19(21)11-12-31-25/h2-13,15-16,31H,14H2,1H3. The maximum atomic E-state index is 14.6. The first kappa shape index (κ1) is 21.8. The van der Waals surface area contributed by atoms with E-state index in [1.165, 1.54) is 6.07 Å². The van der Waals surface area contributed by atoms with E-state index in [0.29, 0.717) is 39.8 Å². The molecule has 1 N–H and O–H groups in total. The Labute approximate surface area is 204 Å². The van der Waals surface area contributed by atoms with Crippen LogP contribution in [-0.4, -0.2) is 19.1 Å². The van der Waals surface area contributed by atoms with Gasteiger partial charge in [-0.2, -0.15) is 0 Å². The van der Waals surface area contributed by atoms with Gasteiger partial charge in [-0.1, -0.05) is 30.3 Å². The van der Waals surface area contributed by atoms with Crippen LogP contribution in [0.2, 0.25) is 0 Å². The summed E-state index contributed by atoms with van der Waals surface area (Å²) in [6.07, 6.45) is 5.13. The van der Waals surface area contributed by atoms with Crippen LogP contribution in [0.15, 0.2) is 90.2 Å². The van der Waals surface area contributed by atoms with Gasteiger partial charge in [-0.05, 0) is 35.9 Å². The molecule has 0 amide bonds. The van der Waals surface area contributed by atoms with Crippen LogP contribution in [0.5, 0.6) is 11.5 Å². The number of aromatic nitrogens is 4. The molecule has 0 unspecified atom stereocenters. The number of nitrogens with zero attached hydrogens (tertiary/aromatic N) is 3. The van der Waals surface area contributed by atoms with Gasteiger partial charge in [-0.3, -0.25) is 4.79 Å². The van der Waals surface area contributed by atoms with Crippen molar-refractivity contribution in [2.45, 2.75) is 6.54 Å². The van der Waals surface area contributed by atoms with E-state index in [0.717, 1.165) is 23.2 Å². The van der Waals surface area contributed by atoms with Gasteiger partial charge < -0.3 is 18.9 Å². The lowest BCUT2D eigenvalue weighted by Gasteiger charge is -2.16. The van der Waals surface area contributed by atoms with Crippen molar-refractivity contribution < 1.29 is 13.5 Å². The van der Waals surface area contributed by atoms with E-state index >= 15 is 0 Å². The van der Waals surface area contributed by atoms with Crippen molar-refractivity contribution in [1.29, 1.82) is 0 Å². The van der Waals surface area contributed by atoms with E-state index in [2.05, 4.69) is 9.97 Å². The first-order chi connectivity index (χ1) is 17.5. The summed E-state index contributed by atoms with van der Waals surface area (Å²) in [4.78, 5) is 20.8. The molecule has 0 radical (unpaired) electrons. The number of benzene rings is 3. The Morgan fingerprint density at radius 3 is 2.64 bits per heavy atom. The molecule has 0 aliphatic heterocycles. The van der Waals surface area contributed by atoms with Gasteiger partial charge in [0.2, 0.25) is 0 Å². The highest BCUT2D eigenvalue weighted by Crippen LogP contribution is 2.41. The zero-order valence-corrected chi connectivity index (χ0v) is 19.2. The Bertz CT molecular complexity index is 1800. The van der Waals surface area contributed by atoms with E-state index in [1.807, 2.05) is 60.1 Å². The largest absolute Gasteiger partial charge is 0.451 e. The fourth-order valence-electron chi connectivity index (χ4n) is 4.47. The van der Waals surface area contributed by atoms with Gasteiger partial charge in [0.05, 0.1) is 18.4 Å². The summed E-state index contributed by atoms with van der Waals surface area (Å²) in [6, 6.07) is 18.4. The minimum absolute atomic E-state index is 0.126. The Morgan fingerprint density at radius 2 is 1.83 bits per heavy atom. The highest BCUT2D eigenvalue weighted by atomic mass is 19.1. The summed E-state index contributed by atoms with van der Waals surface area (Å²) in [5.41, 5.74) is 3.89. The van der Waals surface area contributed by atoms with Gasteiger partial charge in [0.25, 0.3) is 5.56 Å². The summed E-state index contributed by atoms with van der Waals surface area (Å²) in [7, 11) is 1.85. The van der Waals surface area contributed by atoms with E-state index in [4.69, 9.17) is 4.74 Å². The lowest BCUT2D eigenvalue weighted by molar-refractivity contribution is 0.442. The van der Waals surface area contributed by atoms with Crippen molar-refractivity contribution in [3.8, 4) is 22.6 Å². The van der Waals surface area contributed by atoms with Crippen molar-refractivity contribution in [3.63, 3.8) is 0 Å². The molecule has 3 aromatic heterocycles. The molecule has 36 heavy (non-hydrogen) atoms. The molecule has 178 valence electrons. The van der Waals surface area contributed by atoms with Crippen LogP contribution < -0.4 is 10.3 Å². The van der Waals surface area contributed by atoms with Gasteiger partial charge in [0.1, 0.15) is 16.9 Å². The molecule has 0 saturated heterocycles. The fraction of sp³-hybridized carbons (Fsp3) is 0.0714. The smallest absolute Gasteiger partial charge is 0.275 e. The number of rotatable bonds is 5. The third-order valence-corrected chi connectivity index (χ3v) is 6.24. The SMILES string of the molecule is Cn1cnc2c(Oc3ccc(F)cc3F)c(-c3cn(Cc4ccccc4)c(=O)c4[nH]ccc34)ccc21. The molecular weight excluding hydrogens is 462 g/mol. The van der Waals surface area contributed by atoms with Crippen LogP contribution in [-0.2, 0) is 13.6 Å². The summed E-state index contributed by atoms with van der Waals surface area (Å²) >= 11 is 0. The van der Waals surface area contributed by atoms with E-state index in [1.54, 1.807) is 23.3 Å². The molecule has 0 fully saturated rings. The number of hydrogen-bond donors (Lipinski definition) is 1. The molecule has 0 spiro atoms. The van der Waals surface area contributed by atoms with Crippen molar-refractivity contribution >= 4 is 21.9 Å². The second-order valence-corrected chi connectivity index (χ2v) is 8.57. The first-order valence-electron chi connectivity index (χ1n) is 11.3. The number of H-pyrrole nitrogens is 1. The number of fused-ring (bicyclic) bond motifs is 2. The normalized spacial score (nSPS) is 11.4. The minimum Gasteiger partial charge on any atom is -0.451 e. The summed E-state index contributed by atoms with van der Waals surface area (Å²) in [6.45, 7) is 0.371. The van der Waals surface area contributed by atoms with Crippen LogP contribution in [0.1, 0.15) is 5.56 Å². The zero-order chi connectivity index (χ0) is 24.8. The molecule has 6 nitrogen and oxygen atoms in total. The topological polar surface area (TPSA) is 64.8 Å². The number of aryl methyl sites for hydroxylation is 1. The highest BCUT2D eigenvalue weighted by molar-refractivity contribution is 6.00. The molecule has 8 heteroatoms. The van der Waals surface area contributed by atoms with Gasteiger partial charge >= 0.3 is 0 Å². The van der Waals surface area contributed by atoms with Crippen molar-refractivity contribution in [2.24, 2.45) is 7.05 Å². The molecule has 0 bridgehead atoms. The predicted octanol–water partition coefficient (Wildman–Crippen LogP) is 6.00. The first-order valence-corrected chi connectivity index (χ1v) is 11.3. The van der Waals surface area contributed by atoms with Crippen LogP contribution in [0.4, 0.5) is 8.78 Å². The number of ether oxygens (including phenoxy) is 1. The quantitative estimate of drug-likeness (QED) is 0.328. The van der Waals surface area contributed by atoms with Crippen molar-refractivity contribution in [2.75, 3.05) is 0 Å². The second-order valence-electron chi connectivity index (χ2n) is 8.57. The molecule has 0 saturated carbocycles. The van der Waals surface area contributed by atoms with Crippen LogP contribution >= 0.6 is 0 Å². The summed E-state index contributed by atoms with van der Waals surface area (Å²) in [5.74, 6) is -1.34.